The summed E-state index contributed by atoms with van der Waals surface area (Å²) >= 11 is 0.858. The van der Waals surface area contributed by atoms with Gasteiger partial charge >= 0.3 is 11.9 Å². The first-order valence-electron chi connectivity index (χ1n) is 8.70. The summed E-state index contributed by atoms with van der Waals surface area (Å²) in [5.41, 5.74) is 5.70. The third kappa shape index (κ3) is 4.55. The Kier molecular flexibility index (Phi) is 6.05. The summed E-state index contributed by atoms with van der Waals surface area (Å²) in [5, 5.41) is 21.0. The van der Waals surface area contributed by atoms with Gasteiger partial charge in [0.15, 0.2) is 12.4 Å². The average molecular weight is 448 g/mol. The molecule has 0 radical (unpaired) electrons. The zero-order valence-corrected chi connectivity index (χ0v) is 17.1. The van der Waals surface area contributed by atoms with Crippen LogP contribution in [0.1, 0.15) is 43.0 Å². The number of nitro groups is 1. The molecule has 3 aromatic rings. The highest BCUT2D eigenvalue weighted by molar-refractivity contribution is 7.18. The number of nitrogens with zero attached hydrogens (tertiary/aromatic N) is 6. The molecular weight excluding hydrogens is 432 g/mol. The van der Waals surface area contributed by atoms with E-state index < -0.39 is 28.7 Å². The number of amides is 2. The third-order valence-electron chi connectivity index (χ3n) is 3.93. The zero-order valence-electron chi connectivity index (χ0n) is 16.3. The molecule has 3 rings (SSSR count). The van der Waals surface area contributed by atoms with E-state index in [1.807, 2.05) is 0 Å². The smallest absolute Gasteiger partial charge is 0.462 e. The van der Waals surface area contributed by atoms with Crippen molar-refractivity contribution in [1.82, 2.24) is 24.5 Å². The van der Waals surface area contributed by atoms with E-state index in [1.54, 1.807) is 6.92 Å². The molecule has 0 unspecified atom stereocenters. The van der Waals surface area contributed by atoms with E-state index >= 15 is 0 Å². The molecule has 3 aromatic heterocycles. The maximum atomic E-state index is 12.6. The Morgan fingerprint density at radius 1 is 1.32 bits per heavy atom. The predicted molar refractivity (Wildman–Crippen MR) is 106 cm³/mol. The SMILES string of the molecule is CCOC(=O)c1c(NC(=O)c2ccn(Cn3cnc([N+](=O)[O-])n3)n2)sc(C(N)=O)c1C. The van der Waals surface area contributed by atoms with Gasteiger partial charge < -0.3 is 25.9 Å². The first-order valence-corrected chi connectivity index (χ1v) is 9.51. The van der Waals surface area contributed by atoms with Crippen LogP contribution in [0.25, 0.3) is 0 Å². The monoisotopic (exact) mass is 448 g/mol. The van der Waals surface area contributed by atoms with Crippen molar-refractivity contribution >= 4 is 40.1 Å². The van der Waals surface area contributed by atoms with Crippen LogP contribution < -0.4 is 11.1 Å². The highest BCUT2D eigenvalue weighted by atomic mass is 32.1. The average Bonchev–Trinajstić information content (AvgIpc) is 3.41. The summed E-state index contributed by atoms with van der Waals surface area (Å²) in [6.07, 6.45) is 2.62. The molecule has 0 bridgehead atoms. The quantitative estimate of drug-likeness (QED) is 0.285. The molecule has 0 aliphatic carbocycles. The second-order valence-electron chi connectivity index (χ2n) is 6.02. The Hall–Kier alpha value is -4.14. The van der Waals surface area contributed by atoms with Crippen molar-refractivity contribution < 1.29 is 24.0 Å². The van der Waals surface area contributed by atoms with Gasteiger partial charge in [-0.15, -0.1) is 11.3 Å². The van der Waals surface area contributed by atoms with E-state index in [0.29, 0.717) is 5.56 Å². The van der Waals surface area contributed by atoms with E-state index in [0.717, 1.165) is 17.7 Å². The van der Waals surface area contributed by atoms with Crippen molar-refractivity contribution in [2.75, 3.05) is 11.9 Å². The van der Waals surface area contributed by atoms with Crippen LogP contribution in [0.2, 0.25) is 0 Å². The molecule has 31 heavy (non-hydrogen) atoms. The lowest BCUT2D eigenvalue weighted by molar-refractivity contribution is -0.394. The summed E-state index contributed by atoms with van der Waals surface area (Å²) in [5.74, 6) is -2.64. The van der Waals surface area contributed by atoms with Gasteiger partial charge in [0.25, 0.3) is 11.8 Å². The van der Waals surface area contributed by atoms with Crippen LogP contribution in [0.3, 0.4) is 0 Å². The summed E-state index contributed by atoms with van der Waals surface area (Å²) in [6, 6.07) is 1.40. The molecule has 162 valence electrons. The van der Waals surface area contributed by atoms with Gasteiger partial charge in [-0.3, -0.25) is 9.59 Å². The number of hydrogen-bond donors (Lipinski definition) is 2. The molecule has 0 fully saturated rings. The molecule has 3 heterocycles. The number of nitrogens with two attached hydrogens (primary N) is 1. The molecule has 0 saturated heterocycles. The number of nitrogens with one attached hydrogen (secondary N) is 1. The molecule has 14 nitrogen and oxygen atoms in total. The number of hydrogen-bond acceptors (Lipinski definition) is 10. The minimum Gasteiger partial charge on any atom is -0.462 e. The fourth-order valence-electron chi connectivity index (χ4n) is 2.60. The van der Waals surface area contributed by atoms with Gasteiger partial charge in [-0.25, -0.2) is 9.48 Å². The number of rotatable bonds is 8. The normalized spacial score (nSPS) is 10.6. The van der Waals surface area contributed by atoms with Crippen molar-refractivity contribution in [3.63, 3.8) is 0 Å². The summed E-state index contributed by atoms with van der Waals surface area (Å²) in [6.45, 7) is 3.25. The van der Waals surface area contributed by atoms with Gasteiger partial charge in [0.05, 0.1) is 17.0 Å². The van der Waals surface area contributed by atoms with Crippen LogP contribution in [0.4, 0.5) is 10.9 Å². The molecule has 3 N–H and O–H groups in total. The summed E-state index contributed by atoms with van der Waals surface area (Å²) in [7, 11) is 0. The number of ether oxygens (including phenoxy) is 1. The van der Waals surface area contributed by atoms with E-state index in [1.165, 1.54) is 28.6 Å². The van der Waals surface area contributed by atoms with Crippen molar-refractivity contribution in [2.24, 2.45) is 5.73 Å². The van der Waals surface area contributed by atoms with Crippen LogP contribution in [0.15, 0.2) is 18.6 Å². The third-order valence-corrected chi connectivity index (χ3v) is 5.15. The highest BCUT2D eigenvalue weighted by Gasteiger charge is 2.26. The summed E-state index contributed by atoms with van der Waals surface area (Å²) < 4.78 is 7.49. The van der Waals surface area contributed by atoms with E-state index in [-0.39, 0.29) is 34.4 Å². The Morgan fingerprint density at radius 3 is 2.68 bits per heavy atom. The first kappa shape index (κ1) is 21.6. The van der Waals surface area contributed by atoms with Crippen molar-refractivity contribution in [1.29, 1.82) is 0 Å². The minimum atomic E-state index is -0.736. The molecule has 0 aliphatic rings. The zero-order chi connectivity index (χ0) is 22.7. The van der Waals surface area contributed by atoms with Crippen LogP contribution >= 0.6 is 11.3 Å². The van der Waals surface area contributed by atoms with E-state index in [4.69, 9.17) is 10.5 Å². The van der Waals surface area contributed by atoms with Crippen LogP contribution in [0, 0.1) is 17.0 Å². The van der Waals surface area contributed by atoms with Gasteiger partial charge in [0.1, 0.15) is 5.00 Å². The Bertz CT molecular complexity index is 1180. The van der Waals surface area contributed by atoms with E-state index in [9.17, 15) is 24.5 Å². The Labute approximate surface area is 177 Å². The maximum absolute atomic E-state index is 12.6. The fraction of sp³-hybridized carbons (Fsp3) is 0.250. The lowest BCUT2D eigenvalue weighted by atomic mass is 10.1. The maximum Gasteiger partial charge on any atom is 0.491 e. The molecule has 0 aliphatic heterocycles. The number of primary amides is 1. The second-order valence-corrected chi connectivity index (χ2v) is 7.04. The number of thiophene rings is 1. The molecule has 0 atom stereocenters. The summed E-state index contributed by atoms with van der Waals surface area (Å²) in [4.78, 5) is 50.1. The van der Waals surface area contributed by atoms with Gasteiger partial charge in [-0.2, -0.15) is 9.78 Å². The lowest BCUT2D eigenvalue weighted by Crippen LogP contribution is -2.16. The van der Waals surface area contributed by atoms with Crippen molar-refractivity contribution in [2.45, 2.75) is 20.5 Å². The topological polar surface area (TPSA) is 190 Å². The lowest BCUT2D eigenvalue weighted by Gasteiger charge is -2.06. The van der Waals surface area contributed by atoms with Crippen molar-refractivity contribution in [3.8, 4) is 0 Å². The molecule has 15 heteroatoms. The van der Waals surface area contributed by atoms with E-state index in [2.05, 4.69) is 20.5 Å². The van der Waals surface area contributed by atoms with Gasteiger partial charge in [0.2, 0.25) is 6.33 Å². The molecule has 0 aromatic carbocycles. The number of anilines is 1. The number of carbonyl (C=O) groups excluding carboxylic acids is 3. The fourth-order valence-corrected chi connectivity index (χ4v) is 3.64. The van der Waals surface area contributed by atoms with Crippen LogP contribution in [-0.2, 0) is 11.4 Å². The first-order chi connectivity index (χ1) is 14.7. The largest absolute Gasteiger partial charge is 0.491 e. The Morgan fingerprint density at radius 2 is 2.06 bits per heavy atom. The second kappa shape index (κ2) is 8.70. The standard InChI is InChI=1S/C16H16N8O6S/c1-3-30-15(27)10-8(2)11(12(17)25)31-14(10)19-13(26)9-4-5-22(20-9)7-23-6-18-16(21-23)24(28)29/h4-6H,3,7H2,1-2H3,(H2,17,25)(H,19,26). The predicted octanol–water partition coefficient (Wildman–Crippen LogP) is 0.786. The Balaban J connectivity index is 1.80. The molecule has 2 amide bonds. The minimum absolute atomic E-state index is 0.00361. The van der Waals surface area contributed by atoms with Crippen molar-refractivity contribution in [3.05, 3.63) is 50.4 Å². The van der Waals surface area contributed by atoms with Gasteiger partial charge in [-0.05, 0) is 30.4 Å². The molecule has 0 spiro atoms. The molecule has 0 saturated carbocycles. The van der Waals surface area contributed by atoms with Gasteiger partial charge in [0, 0.05) is 11.3 Å². The number of esters is 1. The number of carbonyl (C=O) groups is 3. The number of aromatic nitrogens is 5. The molecular formula is C16H16N8O6S. The highest BCUT2D eigenvalue weighted by Crippen LogP contribution is 2.33. The van der Waals surface area contributed by atoms with Gasteiger partial charge in [-0.1, -0.05) is 4.98 Å². The van der Waals surface area contributed by atoms with Crippen LogP contribution in [0.5, 0.6) is 0 Å². The van der Waals surface area contributed by atoms with Crippen LogP contribution in [-0.4, -0.2) is 53.9 Å².